The van der Waals surface area contributed by atoms with Crippen molar-refractivity contribution in [2.75, 3.05) is 13.1 Å². The number of halogens is 1. The van der Waals surface area contributed by atoms with Gasteiger partial charge in [-0.25, -0.2) is 4.79 Å². The van der Waals surface area contributed by atoms with E-state index >= 15 is 0 Å². The molecule has 1 saturated heterocycles. The molecule has 1 spiro atoms. The average molecular weight is 386 g/mol. The van der Waals surface area contributed by atoms with Gasteiger partial charge in [-0.3, -0.25) is 4.98 Å². The van der Waals surface area contributed by atoms with Crippen LogP contribution >= 0.6 is 11.6 Å². The van der Waals surface area contributed by atoms with E-state index in [9.17, 15) is 14.5 Å². The summed E-state index contributed by atoms with van der Waals surface area (Å²) in [7, 11) is 0. The van der Waals surface area contributed by atoms with Crippen LogP contribution in [0.15, 0.2) is 12.3 Å². The van der Waals surface area contributed by atoms with Crippen LogP contribution in [0.4, 0.5) is 4.79 Å². The van der Waals surface area contributed by atoms with Crippen molar-refractivity contribution in [2.45, 2.75) is 50.8 Å². The smallest absolute Gasteiger partial charge is 0.407 e. The third kappa shape index (κ3) is 3.60. The van der Waals surface area contributed by atoms with Gasteiger partial charge < -0.3 is 14.6 Å². The van der Waals surface area contributed by atoms with Gasteiger partial charge in [0.1, 0.15) is 4.75 Å². The fraction of sp³-hybridized carbons (Fsp3) is 0.647. The van der Waals surface area contributed by atoms with Crippen LogP contribution in [0, 0.1) is 5.41 Å². The molecule has 1 fully saturated rings. The van der Waals surface area contributed by atoms with Crippen molar-refractivity contribution in [3.05, 3.63) is 28.5 Å². The number of carbonyl (C=O) groups is 1. The van der Waals surface area contributed by atoms with Crippen molar-refractivity contribution in [2.24, 2.45) is 5.41 Å². The van der Waals surface area contributed by atoms with Crippen molar-refractivity contribution in [3.8, 4) is 0 Å². The van der Waals surface area contributed by atoms with E-state index in [-0.39, 0.29) is 11.5 Å². The molecule has 1 aliphatic carbocycles. The molecule has 0 aromatic carbocycles. The highest BCUT2D eigenvalue weighted by Crippen LogP contribution is 2.52. The Hall–Kier alpha value is -1.02. The maximum absolute atomic E-state index is 12.8. The minimum Gasteiger partial charge on any atom is -0.598 e. The summed E-state index contributed by atoms with van der Waals surface area (Å²) in [5, 5.41) is 9.79. The number of hydrogen-bond donors (Lipinski definition) is 2. The number of carboxylic acid groups (broad SMARTS) is 1. The summed E-state index contributed by atoms with van der Waals surface area (Å²) >= 11 is 4.92. The summed E-state index contributed by atoms with van der Waals surface area (Å²) in [6.45, 7) is 6.76. The average Bonchev–Trinajstić information content (AvgIpc) is 2.80. The van der Waals surface area contributed by atoms with Crippen LogP contribution in [-0.2, 0) is 17.8 Å². The largest absolute Gasteiger partial charge is 0.598 e. The van der Waals surface area contributed by atoms with E-state index in [2.05, 4.69) is 9.71 Å². The summed E-state index contributed by atoms with van der Waals surface area (Å²) in [5.41, 5.74) is 1.79. The van der Waals surface area contributed by atoms with Crippen LogP contribution < -0.4 is 4.72 Å². The molecule has 1 aromatic rings. The lowest BCUT2D eigenvalue weighted by molar-refractivity contribution is 0.0762. The lowest BCUT2D eigenvalue weighted by Crippen LogP contribution is -2.50. The summed E-state index contributed by atoms with van der Waals surface area (Å²) < 4.78 is 15.7. The van der Waals surface area contributed by atoms with Crippen LogP contribution in [0.2, 0.25) is 5.02 Å². The van der Waals surface area contributed by atoms with E-state index in [1.54, 1.807) is 6.20 Å². The molecule has 1 aromatic heterocycles. The Morgan fingerprint density at radius 1 is 1.48 bits per heavy atom. The van der Waals surface area contributed by atoms with Crippen molar-refractivity contribution in [1.29, 1.82) is 0 Å². The van der Waals surface area contributed by atoms with Gasteiger partial charge in [-0.05, 0) is 51.7 Å². The molecular formula is C17H24ClN3O3S. The number of aromatic nitrogens is 1. The number of hydrogen-bond acceptors (Lipinski definition) is 4. The zero-order valence-corrected chi connectivity index (χ0v) is 16.3. The molecule has 6 nitrogen and oxygen atoms in total. The van der Waals surface area contributed by atoms with Crippen molar-refractivity contribution < 1.29 is 14.5 Å². The summed E-state index contributed by atoms with van der Waals surface area (Å²) in [5.74, 6) is 0. The van der Waals surface area contributed by atoms with Crippen LogP contribution in [0.3, 0.4) is 0 Å². The van der Waals surface area contributed by atoms with Crippen molar-refractivity contribution in [3.63, 3.8) is 0 Å². The standard InChI is InChI=1S/C17H24ClN3O3S/c1-16(2,3)25(24)20-14-12-8-11(18)10-19-13(12)9-17(14)4-6-21(7-5-17)15(22)23/h8,10,14,20H,4-7,9H2,1-3H3,(H,22,23)/t14-,25?/m1/s1. The normalized spacial score (nSPS) is 23.6. The van der Waals surface area contributed by atoms with E-state index in [1.165, 1.54) is 4.90 Å². The van der Waals surface area contributed by atoms with Crippen molar-refractivity contribution >= 4 is 29.1 Å². The number of fused-ring (bicyclic) bond motifs is 1. The molecule has 25 heavy (non-hydrogen) atoms. The number of rotatable bonds is 2. The first-order valence-corrected chi connectivity index (χ1v) is 9.95. The molecule has 2 atom stereocenters. The first-order valence-electron chi connectivity index (χ1n) is 8.43. The van der Waals surface area contributed by atoms with Gasteiger partial charge in [-0.1, -0.05) is 11.6 Å². The molecule has 0 bridgehead atoms. The molecule has 1 unspecified atom stereocenters. The van der Waals surface area contributed by atoms with Gasteiger partial charge in [0.15, 0.2) is 0 Å². The monoisotopic (exact) mass is 385 g/mol. The van der Waals surface area contributed by atoms with Gasteiger partial charge >= 0.3 is 6.09 Å². The number of likely N-dealkylation sites (tertiary alicyclic amines) is 1. The predicted octanol–water partition coefficient (Wildman–Crippen LogP) is 3.14. The number of pyridine rings is 1. The molecule has 3 rings (SSSR count). The highest BCUT2D eigenvalue weighted by Gasteiger charge is 2.51. The number of amides is 1. The SMILES string of the molecule is CC(C)(C)[S+]([O-])N[C@@H]1c2cc(Cl)cnc2CC12CCN(C(=O)O)CC2. The first-order chi connectivity index (χ1) is 11.6. The van der Waals surface area contributed by atoms with Crippen LogP contribution in [0.1, 0.15) is 50.9 Å². The Kier molecular flexibility index (Phi) is 4.96. The van der Waals surface area contributed by atoms with Crippen LogP contribution in [0.5, 0.6) is 0 Å². The van der Waals surface area contributed by atoms with Gasteiger partial charge in [0.05, 0.1) is 11.1 Å². The third-order valence-electron chi connectivity index (χ3n) is 5.22. The van der Waals surface area contributed by atoms with E-state index in [4.69, 9.17) is 11.6 Å². The second kappa shape index (κ2) is 6.61. The molecule has 1 aliphatic heterocycles. The third-order valence-corrected chi connectivity index (χ3v) is 6.99. The second-order valence-electron chi connectivity index (χ2n) is 7.93. The Balaban J connectivity index is 1.91. The van der Waals surface area contributed by atoms with Crippen molar-refractivity contribution in [1.82, 2.24) is 14.6 Å². The van der Waals surface area contributed by atoms with Gasteiger partial charge in [0.2, 0.25) is 0 Å². The Labute approximate surface area is 156 Å². The molecule has 2 aliphatic rings. The molecule has 0 saturated carbocycles. The first kappa shape index (κ1) is 18.8. The minimum atomic E-state index is -1.24. The van der Waals surface area contributed by atoms with Gasteiger partial charge in [0.25, 0.3) is 0 Å². The topological polar surface area (TPSA) is 88.5 Å². The maximum atomic E-state index is 12.8. The molecule has 0 radical (unpaired) electrons. The fourth-order valence-corrected chi connectivity index (χ4v) is 4.84. The molecule has 2 heterocycles. The summed E-state index contributed by atoms with van der Waals surface area (Å²) in [4.78, 5) is 17.2. The molecule has 8 heteroatoms. The quantitative estimate of drug-likeness (QED) is 0.763. The Morgan fingerprint density at radius 2 is 2.12 bits per heavy atom. The molecule has 2 N–H and O–H groups in total. The lowest BCUT2D eigenvalue weighted by Gasteiger charge is -2.43. The minimum absolute atomic E-state index is 0.135. The summed E-state index contributed by atoms with van der Waals surface area (Å²) in [6.07, 6.45) is 2.95. The van der Waals surface area contributed by atoms with Gasteiger partial charge in [-0.2, -0.15) is 0 Å². The van der Waals surface area contributed by atoms with Crippen LogP contribution in [-0.4, -0.2) is 43.5 Å². The van der Waals surface area contributed by atoms with E-state index in [0.29, 0.717) is 31.0 Å². The highest BCUT2D eigenvalue weighted by atomic mass is 35.5. The number of piperidine rings is 1. The maximum Gasteiger partial charge on any atom is 0.407 e. The number of nitrogens with one attached hydrogen (secondary N) is 1. The van der Waals surface area contributed by atoms with Gasteiger partial charge in [-0.15, -0.1) is 4.72 Å². The predicted molar refractivity (Wildman–Crippen MR) is 98.0 cm³/mol. The summed E-state index contributed by atoms with van der Waals surface area (Å²) in [6, 6.07) is 1.77. The molecular weight excluding hydrogens is 362 g/mol. The van der Waals surface area contributed by atoms with E-state index in [0.717, 1.165) is 17.7 Å². The van der Waals surface area contributed by atoms with E-state index < -0.39 is 22.2 Å². The van der Waals surface area contributed by atoms with Gasteiger partial charge in [0, 0.05) is 41.8 Å². The zero-order valence-electron chi connectivity index (χ0n) is 14.7. The number of nitrogens with zero attached hydrogens (tertiary/aromatic N) is 2. The highest BCUT2D eigenvalue weighted by molar-refractivity contribution is 7.90. The van der Waals surface area contributed by atoms with Crippen LogP contribution in [0.25, 0.3) is 0 Å². The van der Waals surface area contributed by atoms with E-state index in [1.807, 2.05) is 26.8 Å². The Bertz CT molecular complexity index is 672. The lowest BCUT2D eigenvalue weighted by atomic mass is 9.73. The molecule has 1 amide bonds. The second-order valence-corrected chi connectivity index (χ2v) is 10.4. The Morgan fingerprint density at radius 3 is 2.68 bits per heavy atom. The zero-order chi connectivity index (χ0) is 18.4. The molecule has 138 valence electrons. The fourth-order valence-electron chi connectivity index (χ4n) is 3.73.